The molecule has 24 heavy (non-hydrogen) atoms. The number of nitro groups is 1. The normalized spacial score (nSPS) is 10.3. The molecule has 7 heteroatoms. The Labute approximate surface area is 137 Å². The number of carbonyl (C=O) groups excluding carboxylic acids is 1. The molecule has 0 bridgehead atoms. The highest BCUT2D eigenvalue weighted by Gasteiger charge is 2.08. The number of nitro benzene ring substituents is 1. The van der Waals surface area contributed by atoms with Gasteiger partial charge in [0.05, 0.1) is 35.1 Å². The summed E-state index contributed by atoms with van der Waals surface area (Å²) >= 11 is 0. The van der Waals surface area contributed by atoms with Crippen LogP contribution in [0.25, 0.3) is 5.69 Å². The van der Waals surface area contributed by atoms with Crippen molar-refractivity contribution in [2.45, 2.75) is 6.42 Å². The molecule has 0 saturated heterocycles. The summed E-state index contributed by atoms with van der Waals surface area (Å²) < 4.78 is 1.54. The van der Waals surface area contributed by atoms with Gasteiger partial charge in [-0.15, -0.1) is 0 Å². The highest BCUT2D eigenvalue weighted by molar-refractivity contribution is 5.92. The lowest BCUT2D eigenvalue weighted by Crippen LogP contribution is -2.13. The molecule has 0 spiro atoms. The number of aromatic nitrogens is 2. The van der Waals surface area contributed by atoms with E-state index in [9.17, 15) is 14.9 Å². The van der Waals surface area contributed by atoms with Crippen LogP contribution >= 0.6 is 0 Å². The molecule has 0 aliphatic carbocycles. The lowest BCUT2D eigenvalue weighted by atomic mass is 10.1. The van der Waals surface area contributed by atoms with Crippen LogP contribution < -0.4 is 5.32 Å². The summed E-state index contributed by atoms with van der Waals surface area (Å²) in [5, 5.41) is 17.6. The molecule has 1 aromatic heterocycles. The molecule has 0 aliphatic heterocycles. The molecular formula is C17H14N4O3. The highest BCUT2D eigenvalue weighted by Crippen LogP contribution is 2.16. The monoisotopic (exact) mass is 322 g/mol. The molecule has 1 amide bonds. The molecular weight excluding hydrogens is 308 g/mol. The molecule has 3 aromatic rings. The largest absolute Gasteiger partial charge is 0.323 e. The molecule has 0 fully saturated rings. The van der Waals surface area contributed by atoms with Crippen LogP contribution in [0.4, 0.5) is 11.4 Å². The summed E-state index contributed by atoms with van der Waals surface area (Å²) in [4.78, 5) is 22.2. The van der Waals surface area contributed by atoms with Gasteiger partial charge < -0.3 is 5.32 Å². The fourth-order valence-corrected chi connectivity index (χ4v) is 2.24. The van der Waals surface area contributed by atoms with Crippen LogP contribution in [0.15, 0.2) is 67.0 Å². The smallest absolute Gasteiger partial charge is 0.269 e. The Morgan fingerprint density at radius 1 is 1.12 bits per heavy atom. The first-order chi connectivity index (χ1) is 11.6. The zero-order valence-corrected chi connectivity index (χ0v) is 12.6. The second kappa shape index (κ2) is 6.74. The first-order valence-electron chi connectivity index (χ1n) is 7.25. The van der Waals surface area contributed by atoms with Gasteiger partial charge in [-0.3, -0.25) is 14.9 Å². The Bertz CT molecular complexity index is 857. The maximum absolute atomic E-state index is 12.0. The number of non-ortho nitro benzene ring substituents is 1. The van der Waals surface area contributed by atoms with Crippen molar-refractivity contribution in [3.63, 3.8) is 0 Å². The molecule has 2 aromatic carbocycles. The van der Waals surface area contributed by atoms with Crippen molar-refractivity contribution >= 4 is 17.3 Å². The third-order valence-electron chi connectivity index (χ3n) is 3.40. The van der Waals surface area contributed by atoms with E-state index in [1.54, 1.807) is 23.0 Å². The van der Waals surface area contributed by atoms with E-state index in [0.717, 1.165) is 5.56 Å². The Hall–Kier alpha value is -3.48. The number of hydrogen-bond acceptors (Lipinski definition) is 4. The van der Waals surface area contributed by atoms with Crippen LogP contribution in [0.1, 0.15) is 5.56 Å². The van der Waals surface area contributed by atoms with Gasteiger partial charge in [0, 0.05) is 12.1 Å². The summed E-state index contributed by atoms with van der Waals surface area (Å²) in [5.74, 6) is -0.135. The zero-order valence-electron chi connectivity index (χ0n) is 12.6. The lowest BCUT2D eigenvalue weighted by molar-refractivity contribution is -0.384. The van der Waals surface area contributed by atoms with E-state index in [-0.39, 0.29) is 18.0 Å². The number of hydrogen-bond donors (Lipinski definition) is 1. The van der Waals surface area contributed by atoms with Crippen molar-refractivity contribution in [1.29, 1.82) is 0 Å². The standard InChI is InChI=1S/C17H14N4O3/c22-17(10-13-4-2-1-3-5-13)19-14-11-18-20(12-14)15-6-8-16(9-7-15)21(23)24/h1-9,11-12H,10H2,(H,19,22). The summed E-state index contributed by atoms with van der Waals surface area (Å²) in [6.45, 7) is 0. The average Bonchev–Trinajstić information content (AvgIpc) is 3.04. The number of nitrogens with one attached hydrogen (secondary N) is 1. The molecule has 0 radical (unpaired) electrons. The second-order valence-corrected chi connectivity index (χ2v) is 5.16. The van der Waals surface area contributed by atoms with E-state index in [0.29, 0.717) is 11.4 Å². The molecule has 120 valence electrons. The van der Waals surface area contributed by atoms with Crippen LogP contribution in [0, 0.1) is 10.1 Å². The van der Waals surface area contributed by atoms with Gasteiger partial charge in [-0.2, -0.15) is 5.10 Å². The zero-order chi connectivity index (χ0) is 16.9. The van der Waals surface area contributed by atoms with E-state index in [4.69, 9.17) is 0 Å². The van der Waals surface area contributed by atoms with Crippen molar-refractivity contribution < 1.29 is 9.72 Å². The molecule has 1 heterocycles. The van der Waals surface area contributed by atoms with Crippen molar-refractivity contribution in [3.8, 4) is 5.69 Å². The summed E-state index contributed by atoms with van der Waals surface area (Å²) in [7, 11) is 0. The van der Waals surface area contributed by atoms with Crippen molar-refractivity contribution in [2.24, 2.45) is 0 Å². The maximum atomic E-state index is 12.0. The van der Waals surface area contributed by atoms with E-state index < -0.39 is 4.92 Å². The number of nitrogens with zero attached hydrogens (tertiary/aromatic N) is 3. The quantitative estimate of drug-likeness (QED) is 0.577. The highest BCUT2D eigenvalue weighted by atomic mass is 16.6. The lowest BCUT2D eigenvalue weighted by Gasteiger charge is -2.03. The van der Waals surface area contributed by atoms with Crippen LogP contribution in [0.5, 0.6) is 0 Å². The van der Waals surface area contributed by atoms with E-state index in [1.807, 2.05) is 30.3 Å². The average molecular weight is 322 g/mol. The fraction of sp³-hybridized carbons (Fsp3) is 0.0588. The Kier molecular flexibility index (Phi) is 4.33. The molecule has 3 rings (SSSR count). The molecule has 0 unspecified atom stereocenters. The van der Waals surface area contributed by atoms with Crippen LogP contribution in [0.2, 0.25) is 0 Å². The van der Waals surface area contributed by atoms with E-state index in [2.05, 4.69) is 10.4 Å². The van der Waals surface area contributed by atoms with Crippen LogP contribution in [0.3, 0.4) is 0 Å². The third-order valence-corrected chi connectivity index (χ3v) is 3.40. The predicted molar refractivity (Wildman–Crippen MR) is 89.0 cm³/mol. The molecule has 0 saturated carbocycles. The van der Waals surface area contributed by atoms with Gasteiger partial charge in [0.15, 0.2) is 0 Å². The van der Waals surface area contributed by atoms with Crippen molar-refractivity contribution in [1.82, 2.24) is 9.78 Å². The summed E-state index contributed by atoms with van der Waals surface area (Å²) in [5.41, 5.74) is 2.18. The van der Waals surface area contributed by atoms with Gasteiger partial charge >= 0.3 is 0 Å². The minimum atomic E-state index is -0.456. The number of rotatable bonds is 5. The van der Waals surface area contributed by atoms with Crippen LogP contribution in [-0.2, 0) is 11.2 Å². The molecule has 0 aliphatic rings. The summed E-state index contributed by atoms with van der Waals surface area (Å²) in [6.07, 6.45) is 3.47. The van der Waals surface area contributed by atoms with Gasteiger partial charge in [-0.1, -0.05) is 30.3 Å². The first-order valence-corrected chi connectivity index (χ1v) is 7.25. The van der Waals surface area contributed by atoms with E-state index >= 15 is 0 Å². The number of amides is 1. The first kappa shape index (κ1) is 15.4. The molecule has 1 N–H and O–H groups in total. The van der Waals surface area contributed by atoms with Crippen molar-refractivity contribution in [2.75, 3.05) is 5.32 Å². The van der Waals surface area contributed by atoms with Gasteiger partial charge in [0.25, 0.3) is 5.69 Å². The Balaban J connectivity index is 1.67. The van der Waals surface area contributed by atoms with Crippen molar-refractivity contribution in [3.05, 3.63) is 82.7 Å². The van der Waals surface area contributed by atoms with Gasteiger partial charge in [0.1, 0.15) is 0 Å². The van der Waals surface area contributed by atoms with E-state index in [1.165, 1.54) is 18.3 Å². The molecule has 0 atom stereocenters. The fourth-order valence-electron chi connectivity index (χ4n) is 2.24. The minimum Gasteiger partial charge on any atom is -0.323 e. The van der Waals surface area contributed by atoms with Gasteiger partial charge in [-0.25, -0.2) is 4.68 Å². The topological polar surface area (TPSA) is 90.1 Å². The number of anilines is 1. The van der Waals surface area contributed by atoms with Crippen LogP contribution in [-0.4, -0.2) is 20.6 Å². The SMILES string of the molecule is O=C(Cc1ccccc1)Nc1cnn(-c2ccc([N+](=O)[O-])cc2)c1. The predicted octanol–water partition coefficient (Wildman–Crippen LogP) is 2.96. The Morgan fingerprint density at radius 3 is 2.50 bits per heavy atom. The minimum absolute atomic E-state index is 0.0160. The number of benzene rings is 2. The third kappa shape index (κ3) is 3.64. The number of carbonyl (C=O) groups is 1. The Morgan fingerprint density at radius 2 is 1.83 bits per heavy atom. The maximum Gasteiger partial charge on any atom is 0.269 e. The van der Waals surface area contributed by atoms with Gasteiger partial charge in [0.2, 0.25) is 5.91 Å². The summed E-state index contributed by atoms with van der Waals surface area (Å²) in [6, 6.07) is 15.5. The second-order valence-electron chi connectivity index (χ2n) is 5.16. The van der Waals surface area contributed by atoms with Gasteiger partial charge in [-0.05, 0) is 17.7 Å². The molecule has 7 nitrogen and oxygen atoms in total.